The molecule has 0 saturated carbocycles. The minimum Gasteiger partial charge on any atom is -0.444 e. The lowest BCUT2D eigenvalue weighted by Crippen LogP contribution is -2.57. The topological polar surface area (TPSA) is 90.9 Å². The molecular formula is C28H35BrF2N6O3. The normalized spacial score (nSPS) is 22.3. The molecular weight excluding hydrogens is 586 g/mol. The van der Waals surface area contributed by atoms with Gasteiger partial charge < -0.3 is 19.9 Å². The summed E-state index contributed by atoms with van der Waals surface area (Å²) in [6, 6.07) is 7.15. The molecule has 1 aromatic carbocycles. The van der Waals surface area contributed by atoms with E-state index in [1.54, 1.807) is 24.0 Å². The summed E-state index contributed by atoms with van der Waals surface area (Å²) in [5.41, 5.74) is 1.30. The molecule has 12 heteroatoms. The van der Waals surface area contributed by atoms with Crippen molar-refractivity contribution in [2.75, 3.05) is 41.3 Å². The minimum atomic E-state index is -2.67. The number of halogens is 3. The Labute approximate surface area is 241 Å². The maximum absolute atomic E-state index is 13.7. The van der Waals surface area contributed by atoms with E-state index in [0.29, 0.717) is 36.1 Å². The molecule has 1 N–H and O–H groups in total. The zero-order chi connectivity index (χ0) is 28.8. The summed E-state index contributed by atoms with van der Waals surface area (Å²) in [7, 11) is 0. The Balaban J connectivity index is 1.34. The van der Waals surface area contributed by atoms with E-state index in [1.165, 1.54) is 0 Å². The Kier molecular flexibility index (Phi) is 7.66. The van der Waals surface area contributed by atoms with E-state index in [4.69, 9.17) is 4.74 Å². The first kappa shape index (κ1) is 28.5. The van der Waals surface area contributed by atoms with Gasteiger partial charge >= 0.3 is 6.09 Å². The van der Waals surface area contributed by atoms with Crippen LogP contribution in [0.5, 0.6) is 0 Å². The number of piperidine rings is 1. The van der Waals surface area contributed by atoms with Gasteiger partial charge in [-0.25, -0.2) is 18.6 Å². The van der Waals surface area contributed by atoms with E-state index in [1.807, 2.05) is 37.8 Å². The molecule has 40 heavy (non-hydrogen) atoms. The summed E-state index contributed by atoms with van der Waals surface area (Å²) in [6.07, 6.45) is 0.955. The third-order valence-electron chi connectivity index (χ3n) is 7.49. The van der Waals surface area contributed by atoms with Crippen LogP contribution in [0.2, 0.25) is 0 Å². The number of alkyl halides is 2. The molecule has 216 valence electrons. The molecule has 0 spiro atoms. The maximum Gasteiger partial charge on any atom is 0.410 e. The van der Waals surface area contributed by atoms with Crippen molar-refractivity contribution in [3.63, 3.8) is 0 Å². The van der Waals surface area contributed by atoms with Crippen LogP contribution in [0.15, 0.2) is 28.7 Å². The lowest BCUT2D eigenvalue weighted by Gasteiger charge is -2.42. The standard InChI is InChI=1S/C28H35BrF2N6O3/c1-17-13-23(34-25(32-17)35-11-9-28(30,31)10-12-35)33-24(38)21-8-5-18(29)14-22(21)36-15-19-6-7-20(16-36)37(19)26(39)40-27(2,3)4/h5,8,13-14,19-20H,6-7,9-12,15-16H2,1-4H3,(H,32,33,34,38)/t19-,20+. The maximum atomic E-state index is 13.7. The smallest absolute Gasteiger partial charge is 0.410 e. The number of hydrogen-bond donors (Lipinski definition) is 1. The predicted octanol–water partition coefficient (Wildman–Crippen LogP) is 5.62. The lowest BCUT2D eigenvalue weighted by atomic mass is 10.1. The Morgan fingerprint density at radius 1 is 1.05 bits per heavy atom. The monoisotopic (exact) mass is 620 g/mol. The van der Waals surface area contributed by atoms with Gasteiger partial charge in [0.05, 0.1) is 23.3 Å². The van der Waals surface area contributed by atoms with Crippen molar-refractivity contribution < 1.29 is 23.1 Å². The van der Waals surface area contributed by atoms with Crippen molar-refractivity contribution in [3.05, 3.63) is 40.0 Å². The fourth-order valence-corrected chi connectivity index (χ4v) is 6.00. The molecule has 2 bridgehead atoms. The molecule has 2 amide bonds. The molecule has 2 atom stereocenters. The average molecular weight is 622 g/mol. The van der Waals surface area contributed by atoms with Crippen molar-refractivity contribution in [1.29, 1.82) is 0 Å². The van der Waals surface area contributed by atoms with Crippen LogP contribution in [-0.2, 0) is 4.74 Å². The van der Waals surface area contributed by atoms with E-state index in [-0.39, 0.29) is 50.0 Å². The number of amides is 2. The molecule has 2 aromatic rings. The Bertz CT molecular complexity index is 1280. The molecule has 3 fully saturated rings. The van der Waals surface area contributed by atoms with Gasteiger partial charge in [-0.05, 0) is 58.7 Å². The van der Waals surface area contributed by atoms with Crippen LogP contribution in [0.25, 0.3) is 0 Å². The minimum absolute atomic E-state index is 0.00696. The number of carbonyl (C=O) groups is 2. The van der Waals surface area contributed by atoms with Crippen LogP contribution in [-0.4, -0.2) is 76.7 Å². The summed E-state index contributed by atoms with van der Waals surface area (Å²) in [4.78, 5) is 41.1. The van der Waals surface area contributed by atoms with Crippen LogP contribution in [0.4, 0.5) is 31.0 Å². The largest absolute Gasteiger partial charge is 0.444 e. The average Bonchev–Trinajstić information content (AvgIpc) is 3.12. The first-order chi connectivity index (χ1) is 18.8. The highest BCUT2D eigenvalue weighted by Gasteiger charge is 2.45. The van der Waals surface area contributed by atoms with E-state index in [9.17, 15) is 18.4 Å². The number of rotatable bonds is 4. The Hall–Kier alpha value is -3.02. The molecule has 3 aliphatic rings. The third-order valence-corrected chi connectivity index (χ3v) is 7.99. The fourth-order valence-electron chi connectivity index (χ4n) is 5.65. The van der Waals surface area contributed by atoms with Crippen molar-refractivity contribution in [1.82, 2.24) is 14.9 Å². The Morgan fingerprint density at radius 2 is 1.70 bits per heavy atom. The van der Waals surface area contributed by atoms with Gasteiger partial charge in [0, 0.05) is 55.3 Å². The zero-order valence-corrected chi connectivity index (χ0v) is 24.8. The van der Waals surface area contributed by atoms with Crippen LogP contribution >= 0.6 is 15.9 Å². The summed E-state index contributed by atoms with van der Waals surface area (Å²) in [5, 5.41) is 2.89. The molecule has 0 radical (unpaired) electrons. The van der Waals surface area contributed by atoms with Gasteiger partial charge in [0.15, 0.2) is 0 Å². The van der Waals surface area contributed by atoms with E-state index in [2.05, 4.69) is 36.1 Å². The molecule has 1 aromatic heterocycles. The molecule has 0 aliphatic carbocycles. The number of aromatic nitrogens is 2. The number of aryl methyl sites for hydroxylation is 1. The van der Waals surface area contributed by atoms with Gasteiger partial charge in [-0.2, -0.15) is 4.98 Å². The van der Waals surface area contributed by atoms with Crippen molar-refractivity contribution >= 4 is 45.4 Å². The van der Waals surface area contributed by atoms with Gasteiger partial charge in [0.1, 0.15) is 11.4 Å². The number of hydrogen-bond acceptors (Lipinski definition) is 7. The zero-order valence-electron chi connectivity index (χ0n) is 23.2. The summed E-state index contributed by atoms with van der Waals surface area (Å²) in [5.74, 6) is -2.36. The number of nitrogens with one attached hydrogen (secondary N) is 1. The fraction of sp³-hybridized carbons (Fsp3) is 0.571. The third kappa shape index (κ3) is 6.31. The van der Waals surface area contributed by atoms with Gasteiger partial charge in [-0.1, -0.05) is 15.9 Å². The molecule has 3 saturated heterocycles. The second-order valence-electron chi connectivity index (χ2n) is 11.8. The second kappa shape index (κ2) is 10.8. The second-order valence-corrected chi connectivity index (χ2v) is 12.7. The lowest BCUT2D eigenvalue weighted by molar-refractivity contribution is -0.0222. The molecule has 4 heterocycles. The quantitative estimate of drug-likeness (QED) is 0.474. The van der Waals surface area contributed by atoms with Crippen LogP contribution in [0.1, 0.15) is 62.5 Å². The number of benzene rings is 1. The molecule has 3 aliphatic heterocycles. The first-order valence-corrected chi connectivity index (χ1v) is 14.4. The number of piperazine rings is 1. The van der Waals surface area contributed by atoms with Crippen LogP contribution < -0.4 is 15.1 Å². The predicted molar refractivity (Wildman–Crippen MR) is 152 cm³/mol. The first-order valence-electron chi connectivity index (χ1n) is 13.6. The van der Waals surface area contributed by atoms with E-state index in [0.717, 1.165) is 23.0 Å². The van der Waals surface area contributed by atoms with E-state index < -0.39 is 11.5 Å². The molecule has 9 nitrogen and oxygen atoms in total. The van der Waals surface area contributed by atoms with Gasteiger partial charge in [-0.15, -0.1) is 0 Å². The summed E-state index contributed by atoms with van der Waals surface area (Å²) < 4.78 is 33.8. The molecule has 5 rings (SSSR count). The number of anilines is 3. The van der Waals surface area contributed by atoms with E-state index >= 15 is 0 Å². The van der Waals surface area contributed by atoms with Crippen LogP contribution in [0, 0.1) is 6.92 Å². The number of ether oxygens (including phenoxy) is 1. The van der Waals surface area contributed by atoms with Crippen molar-refractivity contribution in [2.45, 2.75) is 77.0 Å². The SMILES string of the molecule is Cc1cc(NC(=O)c2ccc(Br)cc2N2C[C@H]3CC[C@@H](C2)N3C(=O)OC(C)(C)C)nc(N2CCC(F)(F)CC2)n1. The number of carbonyl (C=O) groups excluding carboxylic acids is 2. The Morgan fingerprint density at radius 3 is 2.33 bits per heavy atom. The highest BCUT2D eigenvalue weighted by atomic mass is 79.9. The number of fused-ring (bicyclic) bond motifs is 2. The highest BCUT2D eigenvalue weighted by molar-refractivity contribution is 9.10. The van der Waals surface area contributed by atoms with Gasteiger partial charge in [-0.3, -0.25) is 9.69 Å². The van der Waals surface area contributed by atoms with Crippen molar-refractivity contribution in [3.8, 4) is 0 Å². The molecule has 0 unspecified atom stereocenters. The highest BCUT2D eigenvalue weighted by Crippen LogP contribution is 2.36. The van der Waals surface area contributed by atoms with Crippen LogP contribution in [0.3, 0.4) is 0 Å². The summed E-state index contributed by atoms with van der Waals surface area (Å²) in [6.45, 7) is 8.85. The number of nitrogens with zero attached hydrogens (tertiary/aromatic N) is 5. The summed E-state index contributed by atoms with van der Waals surface area (Å²) >= 11 is 3.54. The van der Waals surface area contributed by atoms with Gasteiger partial charge in [0.2, 0.25) is 5.95 Å². The van der Waals surface area contributed by atoms with Gasteiger partial charge in [0.25, 0.3) is 11.8 Å². The van der Waals surface area contributed by atoms with Crippen molar-refractivity contribution in [2.24, 2.45) is 0 Å².